The number of carbonyl (C=O) groups excluding carboxylic acids is 2. The monoisotopic (exact) mass is 468 g/mol. The predicted molar refractivity (Wildman–Crippen MR) is 128 cm³/mol. The summed E-state index contributed by atoms with van der Waals surface area (Å²) >= 11 is 1.58. The number of hydrogen-bond donors (Lipinski definition) is 4. The third-order valence-electron chi connectivity index (χ3n) is 5.97. The molecule has 33 heavy (non-hydrogen) atoms. The normalized spacial score (nSPS) is 18.4. The van der Waals surface area contributed by atoms with Crippen LogP contribution in [0, 0.1) is 12.3 Å². The first-order valence-electron chi connectivity index (χ1n) is 11.0. The van der Waals surface area contributed by atoms with Crippen LogP contribution in [0.25, 0.3) is 4.83 Å². The number of aryl methyl sites for hydroxylation is 1. The van der Waals surface area contributed by atoms with Gasteiger partial charge in [-0.25, -0.2) is 4.52 Å². The van der Waals surface area contributed by atoms with Gasteiger partial charge >= 0.3 is 0 Å². The zero-order chi connectivity index (χ0) is 23.2. The number of likely N-dealkylation sites (tertiary alicyclic amines) is 1. The molecule has 0 radical (unpaired) electrons. The third-order valence-corrected chi connectivity index (χ3v) is 7.25. The Labute approximate surface area is 195 Å². The largest absolute Gasteiger partial charge is 0.324 e. The Hall–Kier alpha value is -2.86. The van der Waals surface area contributed by atoms with Crippen LogP contribution in [0.5, 0.6) is 0 Å². The van der Waals surface area contributed by atoms with Crippen LogP contribution < -0.4 is 21.5 Å². The molecule has 2 aliphatic rings. The Kier molecular flexibility index (Phi) is 5.65. The summed E-state index contributed by atoms with van der Waals surface area (Å²) in [6, 6.07) is 1.74. The van der Waals surface area contributed by atoms with E-state index in [4.69, 9.17) is 0 Å². The lowest BCUT2D eigenvalue weighted by molar-refractivity contribution is -0.120. The molecule has 0 aliphatic carbocycles. The number of pyridine rings is 1. The standard InChI is InChI=1S/C22H28N8O2S/c1-13-17(4-15(7-23-13)27-19(31)10-29-11-22(2,3)12-29)28-20(32)16-8-26-30-9-18(33-21(16)30)14-5-24-25-6-14/h4,7-9,14,24-25H,5-6,10-12H2,1-3H3,(H,27,31)(H,28,32). The Morgan fingerprint density at radius 3 is 2.70 bits per heavy atom. The van der Waals surface area contributed by atoms with E-state index in [0.29, 0.717) is 35.1 Å². The van der Waals surface area contributed by atoms with Crippen molar-refractivity contribution >= 4 is 39.4 Å². The molecule has 0 atom stereocenters. The van der Waals surface area contributed by atoms with E-state index in [1.165, 1.54) is 4.88 Å². The van der Waals surface area contributed by atoms with Gasteiger partial charge in [-0.2, -0.15) is 5.10 Å². The van der Waals surface area contributed by atoms with Gasteiger partial charge in [0.25, 0.3) is 5.91 Å². The molecule has 2 amide bonds. The van der Waals surface area contributed by atoms with Gasteiger partial charge in [0.15, 0.2) is 0 Å². The molecule has 5 rings (SSSR count). The molecule has 10 nitrogen and oxygen atoms in total. The summed E-state index contributed by atoms with van der Waals surface area (Å²) in [6.45, 7) is 10.1. The maximum Gasteiger partial charge on any atom is 0.260 e. The Balaban J connectivity index is 1.27. The van der Waals surface area contributed by atoms with Gasteiger partial charge in [0, 0.05) is 43.2 Å². The van der Waals surface area contributed by atoms with E-state index in [9.17, 15) is 9.59 Å². The summed E-state index contributed by atoms with van der Waals surface area (Å²) in [5.41, 5.74) is 8.83. The van der Waals surface area contributed by atoms with E-state index < -0.39 is 0 Å². The summed E-state index contributed by atoms with van der Waals surface area (Å²) in [5.74, 6) is 0.0210. The molecule has 0 spiro atoms. The van der Waals surface area contributed by atoms with Gasteiger partial charge in [0.05, 0.1) is 41.6 Å². The van der Waals surface area contributed by atoms with E-state index in [1.54, 1.807) is 34.3 Å². The molecule has 3 aromatic heterocycles. The molecular formula is C22H28N8O2S. The summed E-state index contributed by atoms with van der Waals surface area (Å²) in [6.07, 6.45) is 5.17. The summed E-state index contributed by atoms with van der Waals surface area (Å²) < 4.78 is 1.76. The smallest absolute Gasteiger partial charge is 0.260 e. The molecule has 2 fully saturated rings. The average molecular weight is 469 g/mol. The van der Waals surface area contributed by atoms with Gasteiger partial charge in [-0.1, -0.05) is 13.8 Å². The minimum absolute atomic E-state index is 0.0891. The van der Waals surface area contributed by atoms with Gasteiger partial charge in [-0.05, 0) is 18.4 Å². The number of hydrazine groups is 1. The highest BCUT2D eigenvalue weighted by molar-refractivity contribution is 7.17. The summed E-state index contributed by atoms with van der Waals surface area (Å²) in [5, 5.41) is 10.2. The molecule has 0 bridgehead atoms. The topological polar surface area (TPSA) is 116 Å². The number of nitrogens with zero attached hydrogens (tertiary/aromatic N) is 4. The maximum atomic E-state index is 13.1. The number of thiazole rings is 1. The van der Waals surface area contributed by atoms with Crippen molar-refractivity contribution in [2.75, 3.05) is 43.4 Å². The van der Waals surface area contributed by atoms with Gasteiger partial charge < -0.3 is 10.6 Å². The zero-order valence-corrected chi connectivity index (χ0v) is 19.8. The van der Waals surface area contributed by atoms with Crippen LogP contribution in [0.3, 0.4) is 0 Å². The first-order valence-corrected chi connectivity index (χ1v) is 11.8. The quantitative estimate of drug-likeness (QED) is 0.436. The molecule has 5 heterocycles. The Morgan fingerprint density at radius 2 is 1.97 bits per heavy atom. The zero-order valence-electron chi connectivity index (χ0n) is 18.9. The van der Waals surface area contributed by atoms with E-state index >= 15 is 0 Å². The van der Waals surface area contributed by atoms with E-state index in [1.807, 2.05) is 13.1 Å². The molecule has 0 unspecified atom stereocenters. The first kappa shape index (κ1) is 22.0. The van der Waals surface area contributed by atoms with Crippen molar-refractivity contribution < 1.29 is 9.59 Å². The molecular weight excluding hydrogens is 440 g/mol. The highest BCUT2D eigenvalue weighted by Gasteiger charge is 2.34. The fraction of sp³-hybridized carbons (Fsp3) is 0.455. The first-order chi connectivity index (χ1) is 15.8. The molecule has 0 aromatic carbocycles. The highest BCUT2D eigenvalue weighted by Crippen LogP contribution is 2.30. The number of fused-ring (bicyclic) bond motifs is 1. The van der Waals surface area contributed by atoms with Crippen molar-refractivity contribution in [2.45, 2.75) is 26.7 Å². The van der Waals surface area contributed by atoms with Crippen LogP contribution in [-0.4, -0.2) is 64.0 Å². The van der Waals surface area contributed by atoms with Crippen molar-refractivity contribution in [1.29, 1.82) is 0 Å². The van der Waals surface area contributed by atoms with E-state index in [2.05, 4.69) is 50.3 Å². The predicted octanol–water partition coefficient (Wildman–Crippen LogP) is 1.82. The number of nitrogens with one attached hydrogen (secondary N) is 4. The second-order valence-corrected chi connectivity index (χ2v) is 10.6. The molecule has 2 saturated heterocycles. The fourth-order valence-electron chi connectivity index (χ4n) is 4.41. The van der Waals surface area contributed by atoms with Gasteiger partial charge in [-0.3, -0.25) is 30.3 Å². The SMILES string of the molecule is Cc1ncc(NC(=O)CN2CC(C)(C)C2)cc1NC(=O)c1cnn2cc(C3CNNC3)sc12. The van der Waals surface area contributed by atoms with Crippen molar-refractivity contribution in [1.82, 2.24) is 30.3 Å². The van der Waals surface area contributed by atoms with Gasteiger partial charge in [-0.15, -0.1) is 11.3 Å². The molecule has 0 saturated carbocycles. The van der Waals surface area contributed by atoms with Gasteiger partial charge in [0.2, 0.25) is 5.91 Å². The number of hydrogen-bond acceptors (Lipinski definition) is 8. The summed E-state index contributed by atoms with van der Waals surface area (Å²) in [4.78, 5) is 33.9. The molecule has 2 aliphatic heterocycles. The summed E-state index contributed by atoms with van der Waals surface area (Å²) in [7, 11) is 0. The highest BCUT2D eigenvalue weighted by atomic mass is 32.1. The van der Waals surface area contributed by atoms with Crippen LogP contribution in [0.4, 0.5) is 11.4 Å². The van der Waals surface area contributed by atoms with Crippen molar-refractivity contribution in [3.63, 3.8) is 0 Å². The molecule has 3 aromatic rings. The molecule has 174 valence electrons. The van der Waals surface area contributed by atoms with Crippen molar-refractivity contribution in [2.24, 2.45) is 5.41 Å². The number of carbonyl (C=O) groups is 2. The van der Waals surface area contributed by atoms with E-state index in [0.717, 1.165) is 31.0 Å². The lowest BCUT2D eigenvalue weighted by atomic mass is 9.84. The lowest BCUT2D eigenvalue weighted by Crippen LogP contribution is -2.54. The number of rotatable bonds is 6. The van der Waals surface area contributed by atoms with Crippen LogP contribution >= 0.6 is 11.3 Å². The third kappa shape index (κ3) is 4.62. The number of anilines is 2. The molecule has 11 heteroatoms. The molecule has 4 N–H and O–H groups in total. The van der Waals surface area contributed by atoms with Crippen molar-refractivity contribution in [3.8, 4) is 0 Å². The van der Waals surface area contributed by atoms with Crippen molar-refractivity contribution in [3.05, 3.63) is 40.8 Å². The van der Waals surface area contributed by atoms with Crippen LogP contribution in [-0.2, 0) is 4.79 Å². The number of aromatic nitrogens is 3. The second kappa shape index (κ2) is 8.49. The number of amides is 2. The van der Waals surface area contributed by atoms with Gasteiger partial charge in [0.1, 0.15) is 4.83 Å². The second-order valence-electron chi connectivity index (χ2n) is 9.57. The average Bonchev–Trinajstić information content (AvgIpc) is 3.45. The lowest BCUT2D eigenvalue weighted by Gasteiger charge is -2.45. The minimum atomic E-state index is -0.253. The minimum Gasteiger partial charge on any atom is -0.324 e. The Morgan fingerprint density at radius 1 is 1.21 bits per heavy atom. The van der Waals surface area contributed by atoms with Crippen LogP contribution in [0.15, 0.2) is 24.7 Å². The van der Waals surface area contributed by atoms with Crippen LogP contribution in [0.2, 0.25) is 0 Å². The Bertz CT molecular complexity index is 1200. The fourth-order valence-corrected chi connectivity index (χ4v) is 5.57. The van der Waals surface area contributed by atoms with Crippen LogP contribution in [0.1, 0.15) is 40.7 Å². The van der Waals surface area contributed by atoms with E-state index in [-0.39, 0.29) is 17.2 Å². The maximum absolute atomic E-state index is 13.1.